The van der Waals surface area contributed by atoms with Gasteiger partial charge in [0.1, 0.15) is 11.6 Å². The van der Waals surface area contributed by atoms with Crippen LogP contribution < -0.4 is 11.2 Å². The van der Waals surface area contributed by atoms with Gasteiger partial charge in [-0.25, -0.2) is 9.97 Å². The molecule has 0 aromatic carbocycles. The molecule has 4 N–H and O–H groups in total. The Labute approximate surface area is 138 Å². The molecule has 1 aromatic heterocycles. The van der Waals surface area contributed by atoms with E-state index in [2.05, 4.69) is 9.97 Å². The minimum Gasteiger partial charge on any atom is -0.423 e. The maximum Gasteiger partial charge on any atom is 0.497 e. The van der Waals surface area contributed by atoms with E-state index in [-0.39, 0.29) is 5.82 Å². The van der Waals surface area contributed by atoms with Gasteiger partial charge < -0.3 is 20.5 Å². The molecule has 6 nitrogen and oxygen atoms in total. The van der Waals surface area contributed by atoms with Crippen molar-refractivity contribution in [3.63, 3.8) is 0 Å². The molecular formula is C16H28BN3O3. The SMILES string of the molecule is CC(C)(O)C(C)(C)OB(O)c1cnc(C2CCCCC2)nc1N. The molecule has 23 heavy (non-hydrogen) atoms. The quantitative estimate of drug-likeness (QED) is 0.708. The fraction of sp³-hybridized carbons (Fsp3) is 0.750. The number of nitrogens with two attached hydrogens (primary N) is 1. The Morgan fingerprint density at radius 3 is 2.35 bits per heavy atom. The first-order chi connectivity index (χ1) is 10.6. The van der Waals surface area contributed by atoms with Gasteiger partial charge in [0.15, 0.2) is 0 Å². The third kappa shape index (κ3) is 4.22. The smallest absolute Gasteiger partial charge is 0.423 e. The van der Waals surface area contributed by atoms with Crippen molar-refractivity contribution in [2.24, 2.45) is 0 Å². The van der Waals surface area contributed by atoms with Crippen molar-refractivity contribution >= 4 is 18.4 Å². The average Bonchev–Trinajstić information content (AvgIpc) is 2.46. The van der Waals surface area contributed by atoms with Crippen molar-refractivity contribution in [2.75, 3.05) is 5.73 Å². The van der Waals surface area contributed by atoms with Crippen molar-refractivity contribution in [3.8, 4) is 0 Å². The third-order valence-electron chi connectivity index (χ3n) is 4.98. The Morgan fingerprint density at radius 1 is 1.22 bits per heavy atom. The zero-order valence-corrected chi connectivity index (χ0v) is 14.5. The zero-order valence-electron chi connectivity index (χ0n) is 14.5. The van der Waals surface area contributed by atoms with Crippen LogP contribution in [-0.2, 0) is 4.65 Å². The number of anilines is 1. The van der Waals surface area contributed by atoms with E-state index in [4.69, 9.17) is 10.4 Å². The van der Waals surface area contributed by atoms with Crippen LogP contribution in [0.3, 0.4) is 0 Å². The van der Waals surface area contributed by atoms with Crippen molar-refractivity contribution in [3.05, 3.63) is 12.0 Å². The van der Waals surface area contributed by atoms with Crippen LogP contribution in [0, 0.1) is 0 Å². The number of hydrogen-bond donors (Lipinski definition) is 3. The summed E-state index contributed by atoms with van der Waals surface area (Å²) in [5.41, 5.74) is 4.26. The first kappa shape index (κ1) is 18.2. The molecule has 0 atom stereocenters. The number of nitrogen functional groups attached to an aromatic ring is 1. The van der Waals surface area contributed by atoms with Crippen LogP contribution in [0.5, 0.6) is 0 Å². The molecule has 2 rings (SSSR count). The number of rotatable bonds is 5. The minimum atomic E-state index is -1.28. The molecule has 0 radical (unpaired) electrons. The average molecular weight is 321 g/mol. The van der Waals surface area contributed by atoms with Crippen LogP contribution in [0.1, 0.15) is 71.5 Å². The third-order valence-corrected chi connectivity index (χ3v) is 4.98. The summed E-state index contributed by atoms with van der Waals surface area (Å²) in [6.07, 6.45) is 7.37. The van der Waals surface area contributed by atoms with Gasteiger partial charge in [0.2, 0.25) is 0 Å². The Morgan fingerprint density at radius 2 is 1.83 bits per heavy atom. The van der Waals surface area contributed by atoms with Crippen LogP contribution >= 0.6 is 0 Å². The summed E-state index contributed by atoms with van der Waals surface area (Å²) < 4.78 is 5.60. The van der Waals surface area contributed by atoms with Crippen LogP contribution in [0.15, 0.2) is 6.20 Å². The summed E-state index contributed by atoms with van der Waals surface area (Å²) >= 11 is 0. The lowest BCUT2D eigenvalue weighted by atomic mass is 9.77. The molecule has 0 aliphatic heterocycles. The highest BCUT2D eigenvalue weighted by molar-refractivity contribution is 6.61. The maximum absolute atomic E-state index is 10.3. The Hall–Kier alpha value is -1.18. The Bertz CT molecular complexity index is 540. The molecule has 0 saturated heterocycles. The van der Waals surface area contributed by atoms with Crippen molar-refractivity contribution < 1.29 is 14.8 Å². The summed E-state index contributed by atoms with van der Waals surface area (Å²) in [6, 6.07) is 0. The van der Waals surface area contributed by atoms with Crippen molar-refractivity contribution in [1.29, 1.82) is 0 Å². The largest absolute Gasteiger partial charge is 0.497 e. The van der Waals surface area contributed by atoms with Gasteiger partial charge in [-0.15, -0.1) is 0 Å². The monoisotopic (exact) mass is 321 g/mol. The van der Waals surface area contributed by atoms with E-state index in [1.165, 1.54) is 25.5 Å². The number of aliphatic hydroxyl groups is 1. The van der Waals surface area contributed by atoms with Gasteiger partial charge in [0.05, 0.1) is 11.2 Å². The van der Waals surface area contributed by atoms with E-state index in [0.717, 1.165) is 18.7 Å². The Kier molecular flexibility index (Phi) is 5.33. The van der Waals surface area contributed by atoms with Crippen LogP contribution in [0.4, 0.5) is 5.82 Å². The number of hydrogen-bond acceptors (Lipinski definition) is 6. The van der Waals surface area contributed by atoms with E-state index in [9.17, 15) is 10.1 Å². The predicted molar refractivity (Wildman–Crippen MR) is 91.3 cm³/mol. The maximum atomic E-state index is 10.3. The molecule has 0 unspecified atom stereocenters. The lowest BCUT2D eigenvalue weighted by Crippen LogP contribution is -2.53. The zero-order chi connectivity index (χ0) is 17.3. The number of nitrogens with zero attached hydrogens (tertiary/aromatic N) is 2. The van der Waals surface area contributed by atoms with Crippen LogP contribution in [0.2, 0.25) is 0 Å². The van der Waals surface area contributed by atoms with E-state index >= 15 is 0 Å². The van der Waals surface area contributed by atoms with Gasteiger partial charge in [0, 0.05) is 17.6 Å². The molecule has 1 aromatic rings. The second-order valence-corrected chi connectivity index (χ2v) is 7.44. The summed E-state index contributed by atoms with van der Waals surface area (Å²) in [4.78, 5) is 8.76. The van der Waals surface area contributed by atoms with Gasteiger partial charge >= 0.3 is 7.12 Å². The van der Waals surface area contributed by atoms with Gasteiger partial charge in [-0.05, 0) is 40.5 Å². The molecule has 1 aliphatic carbocycles. The Balaban J connectivity index is 2.14. The summed E-state index contributed by atoms with van der Waals surface area (Å²) in [6.45, 7) is 6.69. The molecule has 1 saturated carbocycles. The summed E-state index contributed by atoms with van der Waals surface area (Å²) in [5, 5.41) is 20.4. The molecule has 1 aliphatic rings. The van der Waals surface area contributed by atoms with Gasteiger partial charge in [0.25, 0.3) is 0 Å². The lowest BCUT2D eigenvalue weighted by Gasteiger charge is -2.38. The first-order valence-electron chi connectivity index (χ1n) is 8.32. The molecule has 0 bridgehead atoms. The predicted octanol–water partition coefficient (Wildman–Crippen LogP) is 1.36. The van der Waals surface area contributed by atoms with Crippen LogP contribution in [-0.4, -0.2) is 38.4 Å². The van der Waals surface area contributed by atoms with E-state index in [1.54, 1.807) is 27.7 Å². The van der Waals surface area contributed by atoms with Crippen LogP contribution in [0.25, 0.3) is 0 Å². The lowest BCUT2D eigenvalue weighted by molar-refractivity contribution is -0.0982. The molecule has 1 heterocycles. The highest BCUT2D eigenvalue weighted by Crippen LogP contribution is 2.30. The summed E-state index contributed by atoms with van der Waals surface area (Å²) in [5.74, 6) is 1.34. The number of aromatic nitrogens is 2. The van der Waals surface area contributed by atoms with E-state index < -0.39 is 18.3 Å². The molecule has 0 spiro atoms. The van der Waals surface area contributed by atoms with Gasteiger partial charge in [-0.2, -0.15) is 0 Å². The normalized spacial score (nSPS) is 17.3. The topological polar surface area (TPSA) is 101 Å². The standard InChI is InChI=1S/C16H28BN3O3/c1-15(2,21)16(3,4)23-17(22)12-10-19-14(20-13(12)18)11-8-6-5-7-9-11/h10-11,21-22H,5-9H2,1-4H3,(H2,18,19,20). The van der Waals surface area contributed by atoms with E-state index in [1.807, 2.05) is 0 Å². The fourth-order valence-electron chi connectivity index (χ4n) is 2.65. The second-order valence-electron chi connectivity index (χ2n) is 7.44. The highest BCUT2D eigenvalue weighted by Gasteiger charge is 2.40. The first-order valence-corrected chi connectivity index (χ1v) is 8.32. The second kappa shape index (κ2) is 6.75. The molecule has 1 fully saturated rings. The van der Waals surface area contributed by atoms with Gasteiger partial charge in [-0.3, -0.25) is 0 Å². The highest BCUT2D eigenvalue weighted by atomic mass is 16.5. The van der Waals surface area contributed by atoms with Crippen molar-refractivity contribution in [2.45, 2.75) is 76.9 Å². The fourth-order valence-corrected chi connectivity index (χ4v) is 2.65. The molecule has 0 amide bonds. The van der Waals surface area contributed by atoms with E-state index in [0.29, 0.717) is 11.4 Å². The molecule has 128 valence electrons. The molecular weight excluding hydrogens is 293 g/mol. The minimum absolute atomic E-state index is 0.236. The van der Waals surface area contributed by atoms with Crippen molar-refractivity contribution in [1.82, 2.24) is 9.97 Å². The van der Waals surface area contributed by atoms with Gasteiger partial charge in [-0.1, -0.05) is 19.3 Å². The molecule has 7 heteroatoms. The summed E-state index contributed by atoms with van der Waals surface area (Å²) in [7, 11) is -1.28.